The number of anilines is 1. The Morgan fingerprint density at radius 3 is 2.37 bits per heavy atom. The Bertz CT molecular complexity index is 1120. The molecule has 2 aliphatic rings. The molecule has 1 aliphatic heterocycles. The zero-order valence-electron chi connectivity index (χ0n) is 18.4. The fourth-order valence-corrected chi connectivity index (χ4v) is 4.09. The molecule has 30 heavy (non-hydrogen) atoms. The van der Waals surface area contributed by atoms with Crippen molar-refractivity contribution in [3.05, 3.63) is 53.9 Å². The van der Waals surface area contributed by atoms with Gasteiger partial charge in [-0.3, -0.25) is 4.79 Å². The lowest BCUT2D eigenvalue weighted by Crippen LogP contribution is -2.29. The summed E-state index contributed by atoms with van der Waals surface area (Å²) in [5, 5.41) is 11.3. The number of carbonyl (C=O) groups is 1. The maximum Gasteiger partial charge on any atom is 0.307 e. The highest BCUT2D eigenvalue weighted by molar-refractivity contribution is 6.01. The van der Waals surface area contributed by atoms with Gasteiger partial charge in [0.2, 0.25) is 5.36 Å². The topological polar surface area (TPSA) is 56.7 Å². The van der Waals surface area contributed by atoms with Crippen LogP contribution in [-0.2, 0) is 4.79 Å². The van der Waals surface area contributed by atoms with Crippen LogP contribution in [0.25, 0.3) is 27.9 Å². The second kappa shape index (κ2) is 9.16. The Labute approximate surface area is 177 Å². The lowest BCUT2D eigenvalue weighted by Gasteiger charge is -2.22. The number of hydrogen-bond donors (Lipinski definition) is 1. The fourth-order valence-electron chi connectivity index (χ4n) is 4.09. The first-order valence-electron chi connectivity index (χ1n) is 10.7. The molecule has 158 valence electrons. The van der Waals surface area contributed by atoms with Gasteiger partial charge in [-0.2, -0.15) is 0 Å². The number of hydrogen-bond acceptors (Lipinski definition) is 3. The number of benzene rings is 2. The average Bonchev–Trinajstić information content (AvgIpc) is 2.73. The van der Waals surface area contributed by atoms with E-state index in [1.807, 2.05) is 24.3 Å². The molecular weight excluding hydrogens is 376 g/mol. The number of rotatable bonds is 8. The summed E-state index contributed by atoms with van der Waals surface area (Å²) in [6.07, 6.45) is -0.107. The van der Waals surface area contributed by atoms with Crippen molar-refractivity contribution in [2.75, 3.05) is 31.1 Å². The van der Waals surface area contributed by atoms with Gasteiger partial charge in [-0.05, 0) is 57.0 Å². The zero-order valence-corrected chi connectivity index (χ0v) is 18.4. The lowest BCUT2D eigenvalue weighted by molar-refractivity contribution is -0.135. The minimum atomic E-state index is -0.887. The fraction of sp³-hybridized carbons (Fsp3) is 0.360. The molecule has 0 atom stereocenters. The number of fused-ring (bicyclic) bond motifs is 2. The standard InChI is InChI=1S/C25H30N2O3/c1-6-26(7-2)18-10-12-20-22(15-18)30-23-16-19(27(8-3)9-4)11-13-21(23)25(20)17(5)14-24(28)29/h10-13,15-16H,5-9,14H2,1-4H3/p+1. The van der Waals surface area contributed by atoms with Gasteiger partial charge in [0, 0.05) is 41.9 Å². The Morgan fingerprint density at radius 2 is 1.77 bits per heavy atom. The van der Waals surface area contributed by atoms with Crippen LogP contribution in [0.2, 0.25) is 0 Å². The van der Waals surface area contributed by atoms with Gasteiger partial charge in [0.15, 0.2) is 0 Å². The molecule has 1 aromatic carbocycles. The SMILES string of the molecule is C=C(CC(=O)O)c1c2ccc(=[N+](CC)CC)cc-2oc2cc(N(CC)CC)ccc12. The van der Waals surface area contributed by atoms with Crippen LogP contribution in [0, 0.1) is 0 Å². The molecule has 0 aromatic heterocycles. The second-order valence-electron chi connectivity index (χ2n) is 7.36. The number of carboxylic acids is 1. The predicted molar refractivity (Wildman–Crippen MR) is 124 cm³/mol. The quantitative estimate of drug-likeness (QED) is 0.435. The van der Waals surface area contributed by atoms with Gasteiger partial charge >= 0.3 is 5.97 Å². The van der Waals surface area contributed by atoms with Crippen molar-refractivity contribution >= 4 is 28.2 Å². The molecular formula is C25H31N2O3+. The number of nitrogens with zero attached hydrogens (tertiary/aromatic N) is 2. The molecule has 1 heterocycles. The van der Waals surface area contributed by atoms with Crippen LogP contribution in [0.1, 0.15) is 39.7 Å². The highest BCUT2D eigenvalue weighted by atomic mass is 16.4. The zero-order chi connectivity index (χ0) is 21.8. The van der Waals surface area contributed by atoms with Gasteiger partial charge in [-0.25, -0.2) is 4.58 Å². The Morgan fingerprint density at radius 1 is 1.07 bits per heavy atom. The van der Waals surface area contributed by atoms with Crippen molar-refractivity contribution < 1.29 is 14.3 Å². The monoisotopic (exact) mass is 407 g/mol. The summed E-state index contributed by atoms with van der Waals surface area (Å²) in [6, 6.07) is 12.3. The summed E-state index contributed by atoms with van der Waals surface area (Å²) in [5.74, 6) is -0.147. The summed E-state index contributed by atoms with van der Waals surface area (Å²) in [6.45, 7) is 16.2. The predicted octanol–water partition coefficient (Wildman–Crippen LogP) is 4.68. The molecule has 1 N–H and O–H groups in total. The molecule has 1 aliphatic carbocycles. The summed E-state index contributed by atoms with van der Waals surface area (Å²) in [7, 11) is 0. The Kier molecular flexibility index (Phi) is 6.60. The third-order valence-corrected chi connectivity index (χ3v) is 5.66. The van der Waals surface area contributed by atoms with E-state index in [2.05, 4.69) is 55.9 Å². The summed E-state index contributed by atoms with van der Waals surface area (Å²) in [4.78, 5) is 13.7. The van der Waals surface area contributed by atoms with Gasteiger partial charge in [-0.1, -0.05) is 6.58 Å². The molecule has 0 radical (unpaired) electrons. The number of carboxylic acid groups (broad SMARTS) is 1. The normalized spacial score (nSPS) is 11.1. The maximum absolute atomic E-state index is 11.4. The van der Waals surface area contributed by atoms with Crippen molar-refractivity contribution in [1.82, 2.24) is 4.58 Å². The first kappa shape index (κ1) is 21.6. The first-order chi connectivity index (χ1) is 14.4. The summed E-state index contributed by atoms with van der Waals surface area (Å²) in [5.41, 5.74) is 4.15. The second-order valence-corrected chi connectivity index (χ2v) is 7.36. The summed E-state index contributed by atoms with van der Waals surface area (Å²) < 4.78 is 8.62. The van der Waals surface area contributed by atoms with E-state index in [-0.39, 0.29) is 6.42 Å². The van der Waals surface area contributed by atoms with E-state index in [9.17, 15) is 9.90 Å². The van der Waals surface area contributed by atoms with Crippen molar-refractivity contribution in [2.45, 2.75) is 34.1 Å². The Hall–Kier alpha value is -3.08. The minimum Gasteiger partial charge on any atom is -0.481 e. The van der Waals surface area contributed by atoms with E-state index in [0.717, 1.165) is 65.1 Å². The highest BCUT2D eigenvalue weighted by Gasteiger charge is 2.20. The first-order valence-corrected chi connectivity index (χ1v) is 10.7. The molecule has 0 unspecified atom stereocenters. The van der Waals surface area contributed by atoms with Gasteiger partial charge in [-0.15, -0.1) is 0 Å². The molecule has 0 amide bonds. The number of aliphatic carboxylic acids is 1. The van der Waals surface area contributed by atoms with Gasteiger partial charge in [0.25, 0.3) is 0 Å². The van der Waals surface area contributed by atoms with Gasteiger partial charge < -0.3 is 14.4 Å². The third kappa shape index (κ3) is 4.11. The molecule has 0 saturated heterocycles. The third-order valence-electron chi connectivity index (χ3n) is 5.66. The largest absolute Gasteiger partial charge is 0.481 e. The van der Waals surface area contributed by atoms with E-state index >= 15 is 0 Å². The van der Waals surface area contributed by atoms with Crippen LogP contribution in [0.4, 0.5) is 5.69 Å². The van der Waals surface area contributed by atoms with Crippen LogP contribution in [0.3, 0.4) is 0 Å². The van der Waals surface area contributed by atoms with Gasteiger partial charge in [0.05, 0.1) is 12.5 Å². The molecule has 0 saturated carbocycles. The minimum absolute atomic E-state index is 0.107. The van der Waals surface area contributed by atoms with Crippen LogP contribution >= 0.6 is 0 Å². The van der Waals surface area contributed by atoms with Crippen LogP contribution in [0.5, 0.6) is 0 Å². The van der Waals surface area contributed by atoms with E-state index in [1.165, 1.54) is 0 Å². The van der Waals surface area contributed by atoms with Gasteiger partial charge in [0.1, 0.15) is 24.4 Å². The van der Waals surface area contributed by atoms with Crippen molar-refractivity contribution in [3.63, 3.8) is 0 Å². The molecule has 1 aromatic rings. The average molecular weight is 408 g/mol. The van der Waals surface area contributed by atoms with Crippen molar-refractivity contribution in [3.8, 4) is 11.3 Å². The van der Waals surface area contributed by atoms with Crippen molar-refractivity contribution in [2.24, 2.45) is 0 Å². The van der Waals surface area contributed by atoms with E-state index in [1.54, 1.807) is 0 Å². The Balaban J connectivity index is 2.36. The molecule has 3 rings (SSSR count). The highest BCUT2D eigenvalue weighted by Crippen LogP contribution is 2.38. The molecule has 5 nitrogen and oxygen atoms in total. The molecule has 0 spiro atoms. The van der Waals surface area contributed by atoms with E-state index < -0.39 is 5.97 Å². The van der Waals surface area contributed by atoms with Crippen molar-refractivity contribution in [1.29, 1.82) is 0 Å². The molecule has 0 bridgehead atoms. The maximum atomic E-state index is 11.4. The smallest absolute Gasteiger partial charge is 0.307 e. The van der Waals surface area contributed by atoms with Crippen LogP contribution in [0.15, 0.2) is 47.4 Å². The van der Waals surface area contributed by atoms with E-state index in [0.29, 0.717) is 5.57 Å². The van der Waals surface area contributed by atoms with Crippen LogP contribution < -0.4 is 14.8 Å². The molecule has 5 heteroatoms. The van der Waals surface area contributed by atoms with E-state index in [4.69, 9.17) is 4.42 Å². The van der Waals surface area contributed by atoms with Crippen LogP contribution in [-0.4, -0.2) is 37.3 Å². The molecule has 0 fully saturated rings. The lowest BCUT2D eigenvalue weighted by atomic mass is 9.92. The summed E-state index contributed by atoms with van der Waals surface area (Å²) >= 11 is 0.